The van der Waals surface area contributed by atoms with Gasteiger partial charge in [0.05, 0.1) is 0 Å². The molecule has 0 saturated carbocycles. The maximum atomic E-state index is 11.3. The van der Waals surface area contributed by atoms with Gasteiger partial charge in [0.25, 0.3) is 0 Å². The smallest absolute Gasteiger partial charge is 0.311 e. The van der Waals surface area contributed by atoms with E-state index in [0.717, 1.165) is 0 Å². The number of para-hydroxylation sites is 2. The first-order valence-corrected chi connectivity index (χ1v) is 5.14. The van der Waals surface area contributed by atoms with Crippen LogP contribution in [0.15, 0.2) is 24.3 Å². The molecule has 1 aromatic carbocycles. The summed E-state index contributed by atoms with van der Waals surface area (Å²) in [6, 6.07) is 6.17. The zero-order valence-electron chi connectivity index (χ0n) is 8.48. The van der Waals surface area contributed by atoms with Gasteiger partial charge in [-0.15, -0.1) is 0 Å². The molecule has 0 radical (unpaired) electrons. The summed E-state index contributed by atoms with van der Waals surface area (Å²) in [6.45, 7) is 0. The van der Waals surface area contributed by atoms with Crippen LogP contribution in [0.3, 0.4) is 0 Å². The molecule has 1 rings (SSSR count). The quantitative estimate of drug-likeness (QED) is 0.489. The third kappa shape index (κ3) is 4.31. The van der Waals surface area contributed by atoms with Crippen LogP contribution in [0.5, 0.6) is 11.5 Å². The zero-order chi connectivity index (χ0) is 12.0. The van der Waals surface area contributed by atoms with E-state index in [1.807, 2.05) is 0 Å². The molecule has 0 unspecified atom stereocenters. The Morgan fingerprint density at radius 2 is 1.94 bits per heavy atom. The fraction of sp³-hybridized carbons (Fsp3) is 0.273. The second kappa shape index (κ2) is 6.12. The Balaban J connectivity index is 2.40. The largest absolute Gasteiger partial charge is 0.504 e. The standard InChI is InChI=1S/C11H11ClO4/c12-10(14)6-3-7-11(15)16-9-5-2-1-4-8(9)13/h1-2,4-5,13H,3,6-7H2. The number of aromatic hydroxyl groups is 1. The molecule has 0 aliphatic rings. The molecule has 0 aliphatic heterocycles. The van der Waals surface area contributed by atoms with Crippen molar-refractivity contribution >= 4 is 22.8 Å². The fourth-order valence-corrected chi connectivity index (χ4v) is 1.22. The van der Waals surface area contributed by atoms with Crippen LogP contribution in [-0.2, 0) is 9.59 Å². The molecule has 16 heavy (non-hydrogen) atoms. The summed E-state index contributed by atoms with van der Waals surface area (Å²) in [6.07, 6.45) is 0.568. The molecule has 1 N–H and O–H groups in total. The summed E-state index contributed by atoms with van der Waals surface area (Å²) >= 11 is 5.12. The Kier molecular flexibility index (Phi) is 4.79. The van der Waals surface area contributed by atoms with E-state index >= 15 is 0 Å². The third-order valence-corrected chi connectivity index (χ3v) is 2.03. The molecule has 0 bridgehead atoms. The van der Waals surface area contributed by atoms with Crippen LogP contribution >= 0.6 is 11.6 Å². The molecule has 4 nitrogen and oxygen atoms in total. The molecule has 0 heterocycles. The summed E-state index contributed by atoms with van der Waals surface area (Å²) in [5.74, 6) is -0.478. The first kappa shape index (κ1) is 12.5. The number of phenols is 1. The van der Waals surface area contributed by atoms with Crippen LogP contribution in [-0.4, -0.2) is 16.3 Å². The lowest BCUT2D eigenvalue weighted by Crippen LogP contribution is -2.08. The topological polar surface area (TPSA) is 63.6 Å². The number of halogens is 1. The summed E-state index contributed by atoms with van der Waals surface area (Å²) < 4.78 is 4.88. The molecular weight excluding hydrogens is 232 g/mol. The van der Waals surface area contributed by atoms with Crippen molar-refractivity contribution in [1.82, 2.24) is 0 Å². The van der Waals surface area contributed by atoms with Crippen LogP contribution in [0.4, 0.5) is 0 Å². The van der Waals surface area contributed by atoms with E-state index in [0.29, 0.717) is 6.42 Å². The van der Waals surface area contributed by atoms with E-state index in [1.165, 1.54) is 12.1 Å². The minimum absolute atomic E-state index is 0.0901. The van der Waals surface area contributed by atoms with Gasteiger partial charge in [-0.3, -0.25) is 9.59 Å². The van der Waals surface area contributed by atoms with E-state index in [9.17, 15) is 14.7 Å². The van der Waals surface area contributed by atoms with E-state index in [-0.39, 0.29) is 24.3 Å². The van der Waals surface area contributed by atoms with Gasteiger partial charge in [0.2, 0.25) is 5.24 Å². The van der Waals surface area contributed by atoms with Gasteiger partial charge in [0, 0.05) is 12.8 Å². The summed E-state index contributed by atoms with van der Waals surface area (Å²) in [7, 11) is 0. The van der Waals surface area contributed by atoms with Crippen molar-refractivity contribution in [3.05, 3.63) is 24.3 Å². The number of benzene rings is 1. The van der Waals surface area contributed by atoms with Crippen LogP contribution in [0, 0.1) is 0 Å². The van der Waals surface area contributed by atoms with Gasteiger partial charge in [-0.25, -0.2) is 0 Å². The fourth-order valence-electron chi connectivity index (χ4n) is 1.09. The molecule has 1 aromatic rings. The maximum absolute atomic E-state index is 11.3. The molecular formula is C11H11ClO4. The second-order valence-electron chi connectivity index (χ2n) is 3.15. The number of ether oxygens (including phenoxy) is 1. The lowest BCUT2D eigenvalue weighted by atomic mass is 10.2. The third-order valence-electron chi connectivity index (χ3n) is 1.84. The lowest BCUT2D eigenvalue weighted by Gasteiger charge is -2.04. The number of hydrogen-bond acceptors (Lipinski definition) is 4. The van der Waals surface area contributed by atoms with Crippen molar-refractivity contribution in [3.8, 4) is 11.5 Å². The molecule has 0 aromatic heterocycles. The Morgan fingerprint density at radius 1 is 1.25 bits per heavy atom. The number of carbonyl (C=O) groups excluding carboxylic acids is 2. The predicted octanol–water partition coefficient (Wildman–Crippen LogP) is 2.23. The molecule has 0 saturated heterocycles. The Bertz CT molecular complexity index is 389. The first-order chi connectivity index (χ1) is 7.59. The zero-order valence-corrected chi connectivity index (χ0v) is 9.24. The lowest BCUT2D eigenvalue weighted by molar-refractivity contribution is -0.134. The Morgan fingerprint density at radius 3 is 2.56 bits per heavy atom. The predicted molar refractivity (Wildman–Crippen MR) is 58.5 cm³/mol. The van der Waals surface area contributed by atoms with Gasteiger partial charge in [-0.2, -0.15) is 0 Å². The molecule has 0 aliphatic carbocycles. The van der Waals surface area contributed by atoms with Crippen LogP contribution < -0.4 is 4.74 Å². The number of esters is 1. The summed E-state index contributed by atoms with van der Waals surface area (Å²) in [4.78, 5) is 21.7. The van der Waals surface area contributed by atoms with E-state index in [4.69, 9.17) is 16.3 Å². The maximum Gasteiger partial charge on any atom is 0.311 e. The monoisotopic (exact) mass is 242 g/mol. The average molecular weight is 243 g/mol. The van der Waals surface area contributed by atoms with Crippen LogP contribution in [0.1, 0.15) is 19.3 Å². The van der Waals surface area contributed by atoms with Crippen LogP contribution in [0.2, 0.25) is 0 Å². The number of rotatable bonds is 5. The van der Waals surface area contributed by atoms with Crippen molar-refractivity contribution < 1.29 is 19.4 Å². The van der Waals surface area contributed by atoms with E-state index in [1.54, 1.807) is 12.1 Å². The van der Waals surface area contributed by atoms with Gasteiger partial charge in [0.1, 0.15) is 0 Å². The Labute approximate surface area is 97.8 Å². The number of hydrogen-bond donors (Lipinski definition) is 1. The van der Waals surface area contributed by atoms with Gasteiger partial charge < -0.3 is 9.84 Å². The van der Waals surface area contributed by atoms with Gasteiger partial charge >= 0.3 is 5.97 Å². The minimum atomic E-state index is -0.501. The average Bonchev–Trinajstić information content (AvgIpc) is 2.21. The molecule has 0 amide bonds. The normalized spacial score (nSPS) is 9.81. The van der Waals surface area contributed by atoms with Gasteiger partial charge in [0.15, 0.2) is 11.5 Å². The highest BCUT2D eigenvalue weighted by atomic mass is 35.5. The van der Waals surface area contributed by atoms with Crippen molar-refractivity contribution in [2.75, 3.05) is 0 Å². The first-order valence-electron chi connectivity index (χ1n) is 4.76. The summed E-state index contributed by atoms with van der Waals surface area (Å²) in [5.41, 5.74) is 0. The van der Waals surface area contributed by atoms with Gasteiger partial charge in [-0.05, 0) is 30.2 Å². The van der Waals surface area contributed by atoms with Gasteiger partial charge in [-0.1, -0.05) is 12.1 Å². The number of carbonyl (C=O) groups is 2. The van der Waals surface area contributed by atoms with Crippen molar-refractivity contribution in [2.45, 2.75) is 19.3 Å². The SMILES string of the molecule is O=C(Cl)CCCC(=O)Oc1ccccc1O. The highest BCUT2D eigenvalue weighted by molar-refractivity contribution is 6.63. The van der Waals surface area contributed by atoms with E-state index < -0.39 is 11.2 Å². The molecule has 0 atom stereocenters. The molecule has 86 valence electrons. The highest BCUT2D eigenvalue weighted by Crippen LogP contribution is 2.24. The molecule has 0 fully saturated rings. The van der Waals surface area contributed by atoms with Crippen LogP contribution in [0.25, 0.3) is 0 Å². The molecule has 5 heteroatoms. The van der Waals surface area contributed by atoms with E-state index in [2.05, 4.69) is 0 Å². The Hall–Kier alpha value is -1.55. The molecule has 0 spiro atoms. The highest BCUT2D eigenvalue weighted by Gasteiger charge is 2.08. The second-order valence-corrected chi connectivity index (χ2v) is 3.57. The van der Waals surface area contributed by atoms with Crippen molar-refractivity contribution in [3.63, 3.8) is 0 Å². The number of phenolic OH excluding ortho intramolecular Hbond substituents is 1. The van der Waals surface area contributed by atoms with Crippen molar-refractivity contribution in [1.29, 1.82) is 0 Å². The summed E-state index contributed by atoms with van der Waals surface area (Å²) in [5, 5.41) is 8.84. The minimum Gasteiger partial charge on any atom is -0.504 e. The van der Waals surface area contributed by atoms with Crippen molar-refractivity contribution in [2.24, 2.45) is 0 Å².